The summed E-state index contributed by atoms with van der Waals surface area (Å²) in [4.78, 5) is 27.0. The Labute approximate surface area is 122 Å². The maximum atomic E-state index is 11.8. The maximum absolute atomic E-state index is 11.8. The Morgan fingerprint density at radius 2 is 2.40 bits per heavy atom. The Balaban J connectivity index is 2.35. The number of nitrogens with one attached hydrogen (secondary N) is 1. The van der Waals surface area contributed by atoms with Crippen LogP contribution in [0.15, 0.2) is 20.8 Å². The highest BCUT2D eigenvalue weighted by atomic mass is 79.9. The third-order valence-corrected chi connectivity index (χ3v) is 3.31. The SMILES string of the molecule is N#CC[C@@H]1O[C@H](n2cc(/C=C/Br)c(=O)[nH]c2=O)CC1O. The average Bonchev–Trinajstić information content (AvgIpc) is 2.75. The molecule has 106 valence electrons. The first kappa shape index (κ1) is 14.7. The van der Waals surface area contributed by atoms with Crippen molar-refractivity contribution in [3.05, 3.63) is 37.6 Å². The van der Waals surface area contributed by atoms with Gasteiger partial charge < -0.3 is 9.84 Å². The molecule has 1 fully saturated rings. The van der Waals surface area contributed by atoms with Crippen molar-refractivity contribution < 1.29 is 9.84 Å². The van der Waals surface area contributed by atoms with Gasteiger partial charge in [0.05, 0.1) is 30.3 Å². The van der Waals surface area contributed by atoms with Crippen LogP contribution in [-0.4, -0.2) is 26.9 Å². The summed E-state index contributed by atoms with van der Waals surface area (Å²) in [5.41, 5.74) is -0.839. The number of aliphatic hydroxyl groups is 1. The Morgan fingerprint density at radius 1 is 1.65 bits per heavy atom. The molecule has 1 aliphatic rings. The van der Waals surface area contributed by atoms with E-state index in [1.807, 2.05) is 6.07 Å². The second kappa shape index (κ2) is 6.17. The van der Waals surface area contributed by atoms with E-state index in [4.69, 9.17) is 10.00 Å². The highest BCUT2D eigenvalue weighted by Crippen LogP contribution is 2.29. The number of hydrogen-bond donors (Lipinski definition) is 2. The van der Waals surface area contributed by atoms with Crippen molar-refractivity contribution in [1.29, 1.82) is 5.26 Å². The average molecular weight is 342 g/mol. The molecule has 0 aromatic carbocycles. The number of nitriles is 1. The summed E-state index contributed by atoms with van der Waals surface area (Å²) in [5, 5.41) is 18.4. The Hall–Kier alpha value is -1.69. The van der Waals surface area contributed by atoms with Crippen LogP contribution in [0, 0.1) is 11.3 Å². The first-order chi connectivity index (χ1) is 9.56. The van der Waals surface area contributed by atoms with Crippen molar-refractivity contribution in [2.24, 2.45) is 0 Å². The zero-order valence-electron chi connectivity index (χ0n) is 10.3. The molecule has 8 heteroatoms. The van der Waals surface area contributed by atoms with Crippen LogP contribution in [0.5, 0.6) is 0 Å². The minimum atomic E-state index is -0.811. The Morgan fingerprint density at radius 3 is 3.05 bits per heavy atom. The van der Waals surface area contributed by atoms with Crippen LogP contribution in [0.4, 0.5) is 0 Å². The number of halogens is 1. The van der Waals surface area contributed by atoms with Crippen molar-refractivity contribution in [3.63, 3.8) is 0 Å². The van der Waals surface area contributed by atoms with E-state index in [1.165, 1.54) is 21.8 Å². The molecule has 2 N–H and O–H groups in total. The van der Waals surface area contributed by atoms with Crippen LogP contribution < -0.4 is 11.2 Å². The molecule has 1 aromatic rings. The molecule has 0 bridgehead atoms. The molecule has 0 radical (unpaired) electrons. The van der Waals surface area contributed by atoms with Crippen LogP contribution in [0.3, 0.4) is 0 Å². The fourth-order valence-corrected chi connectivity index (χ4v) is 2.35. The van der Waals surface area contributed by atoms with Gasteiger partial charge in [-0.2, -0.15) is 5.26 Å². The van der Waals surface area contributed by atoms with Crippen molar-refractivity contribution >= 4 is 22.0 Å². The molecule has 1 aromatic heterocycles. The molecule has 0 aliphatic carbocycles. The minimum absolute atomic E-state index is 0.0456. The van der Waals surface area contributed by atoms with Gasteiger partial charge in [0.2, 0.25) is 0 Å². The molecular formula is C12H12BrN3O4. The van der Waals surface area contributed by atoms with Gasteiger partial charge in [0.1, 0.15) is 6.23 Å². The summed E-state index contributed by atoms with van der Waals surface area (Å²) in [7, 11) is 0. The maximum Gasteiger partial charge on any atom is 0.330 e. The number of aromatic nitrogens is 2. The normalized spacial score (nSPS) is 25.9. The van der Waals surface area contributed by atoms with Gasteiger partial charge in [0.25, 0.3) is 5.56 Å². The van der Waals surface area contributed by atoms with Gasteiger partial charge in [0.15, 0.2) is 0 Å². The molecular weight excluding hydrogens is 330 g/mol. The lowest BCUT2D eigenvalue weighted by atomic mass is 10.1. The highest BCUT2D eigenvalue weighted by Gasteiger charge is 2.35. The summed E-state index contributed by atoms with van der Waals surface area (Å²) in [6, 6.07) is 1.92. The molecule has 0 spiro atoms. The van der Waals surface area contributed by atoms with E-state index in [9.17, 15) is 14.7 Å². The lowest BCUT2D eigenvalue weighted by molar-refractivity contribution is -0.0175. The van der Waals surface area contributed by atoms with Crippen LogP contribution in [0.25, 0.3) is 6.08 Å². The van der Waals surface area contributed by atoms with Gasteiger partial charge in [-0.25, -0.2) is 4.79 Å². The zero-order chi connectivity index (χ0) is 14.7. The number of hydrogen-bond acceptors (Lipinski definition) is 5. The number of aliphatic hydroxyl groups excluding tert-OH is 1. The van der Waals surface area contributed by atoms with E-state index in [-0.39, 0.29) is 18.4 Å². The molecule has 1 saturated heterocycles. The third kappa shape index (κ3) is 2.90. The zero-order valence-corrected chi connectivity index (χ0v) is 11.9. The monoisotopic (exact) mass is 341 g/mol. The van der Waals surface area contributed by atoms with Crippen LogP contribution >= 0.6 is 15.9 Å². The quantitative estimate of drug-likeness (QED) is 0.830. The van der Waals surface area contributed by atoms with E-state index in [2.05, 4.69) is 20.9 Å². The van der Waals surface area contributed by atoms with Crippen LogP contribution in [-0.2, 0) is 4.74 Å². The molecule has 2 rings (SSSR count). The number of rotatable bonds is 3. The van der Waals surface area contributed by atoms with E-state index in [0.29, 0.717) is 0 Å². The molecule has 0 amide bonds. The van der Waals surface area contributed by atoms with E-state index >= 15 is 0 Å². The second-order valence-electron chi connectivity index (χ2n) is 4.34. The second-order valence-corrected chi connectivity index (χ2v) is 4.87. The fourth-order valence-electron chi connectivity index (χ4n) is 2.06. The highest BCUT2D eigenvalue weighted by molar-refractivity contribution is 9.11. The van der Waals surface area contributed by atoms with Gasteiger partial charge in [-0.1, -0.05) is 15.9 Å². The first-order valence-corrected chi connectivity index (χ1v) is 6.81. The van der Waals surface area contributed by atoms with Crippen molar-refractivity contribution in [3.8, 4) is 6.07 Å². The largest absolute Gasteiger partial charge is 0.390 e. The third-order valence-electron chi connectivity index (χ3n) is 3.04. The number of H-pyrrole nitrogens is 1. The summed E-state index contributed by atoms with van der Waals surface area (Å²) < 4.78 is 6.70. The summed E-state index contributed by atoms with van der Waals surface area (Å²) in [6.07, 6.45) is 0.959. The number of ether oxygens (including phenoxy) is 1. The van der Waals surface area contributed by atoms with Gasteiger partial charge in [0, 0.05) is 12.6 Å². The summed E-state index contributed by atoms with van der Waals surface area (Å²) >= 11 is 3.06. The van der Waals surface area contributed by atoms with Crippen molar-refractivity contribution in [1.82, 2.24) is 9.55 Å². The Bertz CT molecular complexity index is 673. The lowest BCUT2D eigenvalue weighted by Gasteiger charge is -2.14. The van der Waals surface area contributed by atoms with E-state index in [1.54, 1.807) is 0 Å². The standard InChI is InChI=1S/C12H12BrN3O4/c13-3-1-7-6-16(12(19)15-11(7)18)10-5-8(17)9(20-10)2-4-14/h1,3,6,8-10,17H,2,5H2,(H,15,18,19)/b3-1+/t8?,9-,10-/m0/s1. The molecule has 0 saturated carbocycles. The molecule has 20 heavy (non-hydrogen) atoms. The molecule has 1 aliphatic heterocycles. The number of nitrogens with zero attached hydrogens (tertiary/aromatic N) is 2. The fraction of sp³-hybridized carbons (Fsp3) is 0.417. The van der Waals surface area contributed by atoms with E-state index in [0.717, 1.165) is 0 Å². The number of aromatic amines is 1. The molecule has 7 nitrogen and oxygen atoms in total. The molecule has 2 heterocycles. The Kier molecular flexibility index (Phi) is 4.54. The topological polar surface area (TPSA) is 108 Å². The minimum Gasteiger partial charge on any atom is -0.390 e. The van der Waals surface area contributed by atoms with Crippen molar-refractivity contribution in [2.75, 3.05) is 0 Å². The predicted molar refractivity (Wildman–Crippen MR) is 74.0 cm³/mol. The van der Waals surface area contributed by atoms with Gasteiger partial charge >= 0.3 is 5.69 Å². The molecule has 3 atom stereocenters. The summed E-state index contributed by atoms with van der Waals surface area (Å²) in [6.45, 7) is 0. The summed E-state index contributed by atoms with van der Waals surface area (Å²) in [5.74, 6) is 0. The first-order valence-electron chi connectivity index (χ1n) is 5.89. The smallest absolute Gasteiger partial charge is 0.330 e. The van der Waals surface area contributed by atoms with Crippen molar-refractivity contribution in [2.45, 2.75) is 31.3 Å². The lowest BCUT2D eigenvalue weighted by Crippen LogP contribution is -2.33. The van der Waals surface area contributed by atoms with Crippen LogP contribution in [0.2, 0.25) is 0 Å². The molecule has 1 unspecified atom stereocenters. The van der Waals surface area contributed by atoms with Gasteiger partial charge in [-0.15, -0.1) is 0 Å². The van der Waals surface area contributed by atoms with Crippen LogP contribution in [0.1, 0.15) is 24.6 Å². The van der Waals surface area contributed by atoms with Gasteiger partial charge in [-0.05, 0) is 11.1 Å². The van der Waals surface area contributed by atoms with E-state index < -0.39 is 29.7 Å². The predicted octanol–water partition coefficient (Wildman–Crippen LogP) is 0.464. The van der Waals surface area contributed by atoms with Gasteiger partial charge in [-0.3, -0.25) is 14.3 Å².